The van der Waals surface area contributed by atoms with Crippen molar-refractivity contribution in [2.75, 3.05) is 21.2 Å². The number of nitrogens with one attached hydrogen (secondary N) is 3. The van der Waals surface area contributed by atoms with Gasteiger partial charge in [0, 0.05) is 46.6 Å². The first-order valence-corrected chi connectivity index (χ1v) is 17.0. The van der Waals surface area contributed by atoms with Crippen LogP contribution in [0.2, 0.25) is 0 Å². The Morgan fingerprint density at radius 1 is 0.920 bits per heavy atom. The van der Waals surface area contributed by atoms with Gasteiger partial charge in [0.15, 0.2) is 17.8 Å². The van der Waals surface area contributed by atoms with Crippen molar-refractivity contribution in [3.05, 3.63) is 114 Å². The van der Waals surface area contributed by atoms with Crippen LogP contribution < -0.4 is 25.4 Å². The number of aromatic nitrogens is 1. The van der Waals surface area contributed by atoms with Gasteiger partial charge in [0.05, 0.1) is 12.6 Å². The number of nitrogens with zero attached hydrogens (tertiary/aromatic N) is 1. The van der Waals surface area contributed by atoms with Crippen LogP contribution >= 0.6 is 0 Å². The summed E-state index contributed by atoms with van der Waals surface area (Å²) in [6.45, 7) is 11.9. The Morgan fingerprint density at radius 3 is 2.16 bits per heavy atom. The van der Waals surface area contributed by atoms with Crippen LogP contribution in [0.3, 0.4) is 0 Å². The third-order valence-corrected chi connectivity index (χ3v) is 7.22. The van der Waals surface area contributed by atoms with E-state index in [1.54, 1.807) is 19.3 Å². The van der Waals surface area contributed by atoms with Gasteiger partial charge in [-0.3, -0.25) is 9.59 Å². The van der Waals surface area contributed by atoms with Gasteiger partial charge < -0.3 is 30.0 Å². The Balaban J connectivity index is 0.000000471. The third-order valence-electron chi connectivity index (χ3n) is 7.22. The van der Waals surface area contributed by atoms with Crippen molar-refractivity contribution >= 4 is 35.2 Å². The Hall–Kier alpha value is -5.15. The molecule has 3 aromatic rings. The Kier molecular flexibility index (Phi) is 21.4. The average Bonchev–Trinajstić information content (AvgIpc) is 3.51. The molecule has 1 aromatic heterocycles. The molecule has 9 heteroatoms. The lowest BCUT2D eigenvalue weighted by molar-refractivity contribution is -0.104. The molecule has 1 unspecified atom stereocenters. The summed E-state index contributed by atoms with van der Waals surface area (Å²) in [5, 5.41) is 9.53. The van der Waals surface area contributed by atoms with Gasteiger partial charge in [0.1, 0.15) is 12.0 Å². The molecule has 0 aliphatic rings. The van der Waals surface area contributed by atoms with Crippen molar-refractivity contribution in [3.8, 4) is 11.5 Å². The van der Waals surface area contributed by atoms with E-state index in [-0.39, 0.29) is 12.1 Å². The minimum Gasteiger partial charge on any atom is -0.493 e. The van der Waals surface area contributed by atoms with Gasteiger partial charge in [0.2, 0.25) is 0 Å². The van der Waals surface area contributed by atoms with Gasteiger partial charge in [-0.05, 0) is 90.2 Å². The maximum Gasteiger partial charge on any atom is 0.319 e. The van der Waals surface area contributed by atoms with E-state index in [4.69, 9.17) is 9.47 Å². The molecule has 0 bridgehead atoms. The Labute approximate surface area is 298 Å². The second kappa shape index (κ2) is 24.9. The van der Waals surface area contributed by atoms with Crippen molar-refractivity contribution in [1.82, 2.24) is 20.5 Å². The van der Waals surface area contributed by atoms with Gasteiger partial charge >= 0.3 is 6.03 Å². The molecule has 50 heavy (non-hydrogen) atoms. The van der Waals surface area contributed by atoms with E-state index in [0.717, 1.165) is 66.3 Å². The van der Waals surface area contributed by atoms with E-state index in [1.165, 1.54) is 0 Å². The summed E-state index contributed by atoms with van der Waals surface area (Å²) < 4.78 is 13.2. The summed E-state index contributed by atoms with van der Waals surface area (Å²) >= 11 is 0. The minimum absolute atomic E-state index is 0.170. The molecule has 2 amide bonds. The Bertz CT molecular complexity index is 1650. The molecule has 0 fully saturated rings. The molecule has 0 spiro atoms. The highest BCUT2D eigenvalue weighted by Gasteiger charge is 2.10. The molecule has 2 aromatic carbocycles. The number of carbonyl (C=O) groups is 3. The van der Waals surface area contributed by atoms with Gasteiger partial charge in [0.25, 0.3) is 0 Å². The summed E-state index contributed by atoms with van der Waals surface area (Å²) in [6.07, 6.45) is 18.1. The molecule has 0 saturated carbocycles. The number of aldehydes is 2. The standard InChI is InChI=1S/C21H32N2O3.C18H17NO2.C2H7N/c1-6-11-17(7-2)23-21(24)22-16(4)14-15-18(8-3)26-20-13-10-9-12-19(20)25-5;1-3-6-15(12-20)10-9-14(2)19-11-16(13-21)17-7-4-5-8-18(17)19;1-3-2/h9-10,12-15,17H,6-8,11H2,1-5H3,(H2,22,23,24);3-13H,1-2H3;3H,1-2H3/b16-14+,18-15+;6-3-,14-9+,15-10+;. The van der Waals surface area contributed by atoms with Crippen molar-refractivity contribution in [3.63, 3.8) is 0 Å². The molecular formula is C41H56N4O5. The number of amides is 2. The molecule has 0 aliphatic heterocycles. The number of ether oxygens (including phenoxy) is 2. The minimum atomic E-state index is -0.170. The summed E-state index contributed by atoms with van der Waals surface area (Å²) in [5.74, 6) is 2.14. The van der Waals surface area contributed by atoms with E-state index in [0.29, 0.717) is 22.6 Å². The molecule has 3 rings (SSSR count). The van der Waals surface area contributed by atoms with Gasteiger partial charge in [-0.15, -0.1) is 0 Å². The predicted molar refractivity (Wildman–Crippen MR) is 208 cm³/mol. The molecule has 270 valence electrons. The summed E-state index contributed by atoms with van der Waals surface area (Å²) in [6, 6.07) is 15.3. The number of carbonyl (C=O) groups excluding carboxylic acids is 3. The van der Waals surface area contributed by atoms with Gasteiger partial charge in [-0.25, -0.2) is 4.79 Å². The highest BCUT2D eigenvalue weighted by Crippen LogP contribution is 2.28. The highest BCUT2D eigenvalue weighted by molar-refractivity contribution is 5.99. The maximum absolute atomic E-state index is 12.1. The molecule has 3 N–H and O–H groups in total. The quantitative estimate of drug-likeness (QED) is 0.0638. The Morgan fingerprint density at radius 2 is 1.58 bits per heavy atom. The first kappa shape index (κ1) is 42.9. The van der Waals surface area contributed by atoms with Crippen molar-refractivity contribution < 1.29 is 23.9 Å². The van der Waals surface area contributed by atoms with Crippen LogP contribution in [-0.2, 0) is 4.79 Å². The number of hydrogen-bond donors (Lipinski definition) is 3. The van der Waals surface area contributed by atoms with Crippen LogP contribution in [-0.4, -0.2) is 50.4 Å². The molecule has 1 heterocycles. The average molecular weight is 685 g/mol. The summed E-state index contributed by atoms with van der Waals surface area (Å²) in [5.41, 5.74) is 3.92. The fraction of sp³-hybridized carbons (Fsp3) is 0.341. The number of allylic oxidation sites excluding steroid dienone is 10. The summed E-state index contributed by atoms with van der Waals surface area (Å²) in [7, 11) is 5.37. The lowest BCUT2D eigenvalue weighted by Crippen LogP contribution is -2.41. The predicted octanol–water partition coefficient (Wildman–Crippen LogP) is 9.00. The summed E-state index contributed by atoms with van der Waals surface area (Å²) in [4.78, 5) is 34.1. The molecule has 1 atom stereocenters. The van der Waals surface area contributed by atoms with Gasteiger partial charge in [-0.1, -0.05) is 69.7 Å². The highest BCUT2D eigenvalue weighted by atomic mass is 16.5. The molecule has 0 radical (unpaired) electrons. The smallest absolute Gasteiger partial charge is 0.319 e. The SMILES string of the molecule is CCCC(CC)NC(=O)N/C(C)=C/C=C(\CC)Oc1ccccc1OC.CNC.C\C=C/C(C=O)=C\C=C(/C)n1cc(C=O)c2ccccc21. The van der Waals surface area contributed by atoms with Crippen LogP contribution in [0.25, 0.3) is 16.6 Å². The topological polar surface area (TPSA) is 111 Å². The lowest BCUT2D eigenvalue weighted by Gasteiger charge is -2.16. The maximum atomic E-state index is 12.1. The van der Waals surface area contributed by atoms with E-state index >= 15 is 0 Å². The molecule has 0 aliphatic carbocycles. The van der Waals surface area contributed by atoms with Crippen LogP contribution in [0.1, 0.15) is 77.6 Å². The third kappa shape index (κ3) is 15.0. The van der Waals surface area contributed by atoms with Crippen molar-refractivity contribution in [2.24, 2.45) is 0 Å². The zero-order valence-corrected chi connectivity index (χ0v) is 31.2. The van der Waals surface area contributed by atoms with Crippen LogP contribution in [0.4, 0.5) is 4.79 Å². The normalized spacial score (nSPS) is 12.7. The van der Waals surface area contributed by atoms with E-state index in [9.17, 15) is 14.4 Å². The second-order valence-electron chi connectivity index (χ2n) is 11.3. The van der Waals surface area contributed by atoms with Crippen LogP contribution in [0.15, 0.2) is 108 Å². The van der Waals surface area contributed by atoms with Gasteiger partial charge in [-0.2, -0.15) is 0 Å². The van der Waals surface area contributed by atoms with E-state index < -0.39 is 0 Å². The van der Waals surface area contributed by atoms with E-state index in [2.05, 4.69) is 29.8 Å². The number of methoxy groups -OCH3 is 1. The number of benzene rings is 2. The number of hydrogen-bond acceptors (Lipinski definition) is 6. The van der Waals surface area contributed by atoms with Crippen molar-refractivity contribution in [2.45, 2.75) is 73.3 Å². The fourth-order valence-electron chi connectivity index (χ4n) is 4.67. The largest absolute Gasteiger partial charge is 0.493 e. The molecular weight excluding hydrogens is 628 g/mol. The zero-order valence-electron chi connectivity index (χ0n) is 31.2. The van der Waals surface area contributed by atoms with Crippen LogP contribution in [0, 0.1) is 0 Å². The molecule has 0 saturated heterocycles. The first-order valence-electron chi connectivity index (χ1n) is 17.0. The first-order chi connectivity index (χ1) is 24.2. The fourth-order valence-corrected chi connectivity index (χ4v) is 4.67. The monoisotopic (exact) mass is 684 g/mol. The van der Waals surface area contributed by atoms with Crippen LogP contribution in [0.5, 0.6) is 11.5 Å². The lowest BCUT2D eigenvalue weighted by atomic mass is 10.1. The number of urea groups is 1. The van der Waals surface area contributed by atoms with E-state index in [1.807, 2.05) is 125 Å². The number of para-hydroxylation sites is 3. The second-order valence-corrected chi connectivity index (χ2v) is 11.3. The van der Waals surface area contributed by atoms with Crippen molar-refractivity contribution in [1.29, 1.82) is 0 Å². The zero-order chi connectivity index (χ0) is 37.3. The molecule has 9 nitrogen and oxygen atoms in total. The number of rotatable bonds is 15. The number of fused-ring (bicyclic) bond motifs is 1.